The average Bonchev–Trinajstić information content (AvgIpc) is 2.97. The highest BCUT2D eigenvalue weighted by Crippen LogP contribution is 2.34. The van der Waals surface area contributed by atoms with E-state index in [9.17, 15) is 4.79 Å². The Labute approximate surface area is 110 Å². The fourth-order valence-electron chi connectivity index (χ4n) is 2.01. The maximum atomic E-state index is 11.8. The van der Waals surface area contributed by atoms with Gasteiger partial charge in [0.2, 0.25) is 0 Å². The molecule has 0 amide bonds. The molecule has 6 nitrogen and oxygen atoms in total. The Balaban J connectivity index is 1.93. The number of methoxy groups -OCH3 is 1. The third-order valence-corrected chi connectivity index (χ3v) is 3.55. The largest absolute Gasteiger partial charge is 0.464 e. The molecule has 2 aromatic rings. The van der Waals surface area contributed by atoms with Gasteiger partial charge in [0, 0.05) is 12.1 Å². The summed E-state index contributed by atoms with van der Waals surface area (Å²) in [5.41, 5.74) is 2.32. The summed E-state index contributed by atoms with van der Waals surface area (Å²) in [5.74, 6) is -0.407. The first-order valence-corrected chi connectivity index (χ1v) is 6.27. The van der Waals surface area contributed by atoms with Gasteiger partial charge in [-0.1, -0.05) is 0 Å². The molecule has 1 N–H and O–H groups in total. The maximum Gasteiger partial charge on any atom is 0.356 e. The van der Waals surface area contributed by atoms with Crippen LogP contribution >= 0.6 is 0 Å². The van der Waals surface area contributed by atoms with E-state index in [0.717, 1.165) is 5.56 Å². The highest BCUT2D eigenvalue weighted by Gasteiger charge is 2.36. The minimum Gasteiger partial charge on any atom is -0.464 e. The normalized spacial score (nSPS) is 16.5. The lowest BCUT2D eigenvalue weighted by Crippen LogP contribution is -2.27. The molecule has 2 heterocycles. The van der Waals surface area contributed by atoms with Gasteiger partial charge < -0.3 is 10.1 Å². The van der Waals surface area contributed by atoms with E-state index < -0.39 is 5.97 Å². The number of nitrogens with one attached hydrogen (secondary N) is 1. The molecule has 0 radical (unpaired) electrons. The van der Waals surface area contributed by atoms with Crippen LogP contribution in [0.5, 0.6) is 0 Å². The molecule has 0 saturated heterocycles. The number of nitrogens with zero attached hydrogens (tertiary/aromatic N) is 3. The fraction of sp³-hybridized carbons (Fsp3) is 0.462. The first-order chi connectivity index (χ1) is 9.11. The number of carbonyl (C=O) groups is 1. The summed E-state index contributed by atoms with van der Waals surface area (Å²) in [6.07, 6.45) is 3.83. The second-order valence-electron chi connectivity index (χ2n) is 5.18. The molecule has 0 spiro atoms. The number of aromatic nitrogens is 3. The van der Waals surface area contributed by atoms with Crippen LogP contribution in [0, 0.1) is 0 Å². The van der Waals surface area contributed by atoms with E-state index in [4.69, 9.17) is 4.74 Å². The Bertz CT molecular complexity index is 631. The second kappa shape index (κ2) is 4.31. The molecular weight excluding hydrogens is 244 g/mol. The number of hydrogen-bond acceptors (Lipinski definition) is 5. The Morgan fingerprint density at radius 3 is 3.00 bits per heavy atom. The molecule has 19 heavy (non-hydrogen) atoms. The van der Waals surface area contributed by atoms with Crippen LogP contribution in [-0.4, -0.2) is 33.2 Å². The van der Waals surface area contributed by atoms with E-state index in [1.165, 1.54) is 30.8 Å². The van der Waals surface area contributed by atoms with Gasteiger partial charge in [-0.15, -0.1) is 0 Å². The minimum absolute atomic E-state index is 0.255. The molecule has 0 unspecified atom stereocenters. The van der Waals surface area contributed by atoms with Gasteiger partial charge in [0.1, 0.15) is 6.33 Å². The van der Waals surface area contributed by atoms with Crippen molar-refractivity contribution in [3.63, 3.8) is 0 Å². The first kappa shape index (κ1) is 12.1. The topological polar surface area (TPSA) is 68.5 Å². The van der Waals surface area contributed by atoms with Crippen molar-refractivity contribution in [1.82, 2.24) is 19.9 Å². The van der Waals surface area contributed by atoms with Gasteiger partial charge in [-0.05, 0) is 37.5 Å². The molecule has 1 aliphatic rings. The van der Waals surface area contributed by atoms with Crippen LogP contribution in [0.25, 0.3) is 5.65 Å². The zero-order chi connectivity index (χ0) is 13.5. The summed E-state index contributed by atoms with van der Waals surface area (Å²) >= 11 is 0. The molecule has 3 rings (SSSR count). The number of ether oxygens (including phenoxy) is 1. The van der Waals surface area contributed by atoms with E-state index in [0.29, 0.717) is 17.9 Å². The predicted molar refractivity (Wildman–Crippen MR) is 68.8 cm³/mol. The van der Waals surface area contributed by atoms with Crippen LogP contribution in [0.15, 0.2) is 18.5 Å². The Kier molecular flexibility index (Phi) is 2.74. The molecule has 0 atom stereocenters. The van der Waals surface area contributed by atoms with Crippen LogP contribution < -0.4 is 5.32 Å². The van der Waals surface area contributed by atoms with Crippen molar-refractivity contribution in [2.75, 3.05) is 7.11 Å². The van der Waals surface area contributed by atoms with Crippen LogP contribution in [0.1, 0.15) is 35.8 Å². The number of esters is 1. The lowest BCUT2D eigenvalue weighted by Gasteiger charge is -2.12. The number of hydrogen-bond donors (Lipinski definition) is 1. The lowest BCUT2D eigenvalue weighted by atomic mass is 10.2. The smallest absolute Gasteiger partial charge is 0.356 e. The van der Waals surface area contributed by atoms with Gasteiger partial charge in [0.25, 0.3) is 0 Å². The first-order valence-electron chi connectivity index (χ1n) is 6.27. The van der Waals surface area contributed by atoms with Gasteiger partial charge in [0.15, 0.2) is 11.3 Å². The number of rotatable bonds is 4. The van der Waals surface area contributed by atoms with E-state index in [1.807, 2.05) is 6.07 Å². The minimum atomic E-state index is -0.407. The van der Waals surface area contributed by atoms with Gasteiger partial charge in [-0.2, -0.15) is 5.10 Å². The average molecular weight is 260 g/mol. The summed E-state index contributed by atoms with van der Waals surface area (Å²) < 4.78 is 6.27. The third kappa shape index (κ3) is 2.31. The molecule has 6 heteroatoms. The van der Waals surface area contributed by atoms with Gasteiger partial charge in [-0.3, -0.25) is 0 Å². The van der Waals surface area contributed by atoms with Crippen molar-refractivity contribution < 1.29 is 9.53 Å². The monoisotopic (exact) mass is 260 g/mol. The highest BCUT2D eigenvalue weighted by molar-refractivity contribution is 5.88. The Morgan fingerprint density at radius 1 is 1.53 bits per heavy atom. The molecule has 1 saturated carbocycles. The van der Waals surface area contributed by atoms with Gasteiger partial charge in [0.05, 0.1) is 7.11 Å². The SMILES string of the molecule is COC(=O)c1cc(CNC2(C)CC2)cc2ncnn12. The molecule has 0 aliphatic heterocycles. The molecule has 0 aromatic carbocycles. The van der Waals surface area contributed by atoms with E-state index in [1.54, 1.807) is 6.07 Å². The second-order valence-corrected chi connectivity index (χ2v) is 5.18. The van der Waals surface area contributed by atoms with Crippen LogP contribution in [0.2, 0.25) is 0 Å². The number of pyridine rings is 1. The summed E-state index contributed by atoms with van der Waals surface area (Å²) in [5, 5.41) is 7.52. The van der Waals surface area contributed by atoms with Crippen molar-refractivity contribution in [1.29, 1.82) is 0 Å². The van der Waals surface area contributed by atoms with Crippen molar-refractivity contribution in [3.05, 3.63) is 29.7 Å². The van der Waals surface area contributed by atoms with E-state index >= 15 is 0 Å². The Hall–Kier alpha value is -1.95. The summed E-state index contributed by atoms with van der Waals surface area (Å²) in [6, 6.07) is 3.73. The van der Waals surface area contributed by atoms with Crippen LogP contribution in [0.4, 0.5) is 0 Å². The van der Waals surface area contributed by atoms with Gasteiger partial charge in [-0.25, -0.2) is 14.3 Å². The molecule has 0 bridgehead atoms. The van der Waals surface area contributed by atoms with Crippen molar-refractivity contribution >= 4 is 11.6 Å². The van der Waals surface area contributed by atoms with E-state index in [2.05, 4.69) is 22.3 Å². The summed E-state index contributed by atoms with van der Waals surface area (Å²) in [6.45, 7) is 2.91. The van der Waals surface area contributed by atoms with Crippen LogP contribution in [-0.2, 0) is 11.3 Å². The number of fused-ring (bicyclic) bond motifs is 1. The lowest BCUT2D eigenvalue weighted by molar-refractivity contribution is 0.0590. The molecule has 2 aromatic heterocycles. The maximum absolute atomic E-state index is 11.8. The Morgan fingerprint density at radius 2 is 2.32 bits per heavy atom. The molecular formula is C13H16N4O2. The fourth-order valence-corrected chi connectivity index (χ4v) is 2.01. The van der Waals surface area contributed by atoms with E-state index in [-0.39, 0.29) is 5.54 Å². The van der Waals surface area contributed by atoms with Crippen molar-refractivity contribution in [2.24, 2.45) is 0 Å². The molecule has 1 aliphatic carbocycles. The quantitative estimate of drug-likeness (QED) is 0.835. The van der Waals surface area contributed by atoms with Crippen LogP contribution in [0.3, 0.4) is 0 Å². The molecule has 100 valence electrons. The highest BCUT2D eigenvalue weighted by atomic mass is 16.5. The zero-order valence-corrected chi connectivity index (χ0v) is 11.0. The summed E-state index contributed by atoms with van der Waals surface area (Å²) in [4.78, 5) is 15.9. The number of carbonyl (C=O) groups excluding carboxylic acids is 1. The molecule has 1 fully saturated rings. The standard InChI is InChI=1S/C13H16N4O2/c1-13(3-4-13)15-7-9-5-10(12(18)19-2)17-11(6-9)14-8-16-17/h5-6,8,15H,3-4,7H2,1-2H3. The zero-order valence-electron chi connectivity index (χ0n) is 11.0. The van der Waals surface area contributed by atoms with Crippen molar-refractivity contribution in [3.8, 4) is 0 Å². The third-order valence-electron chi connectivity index (χ3n) is 3.55. The summed E-state index contributed by atoms with van der Waals surface area (Å²) in [7, 11) is 1.36. The predicted octanol–water partition coefficient (Wildman–Crippen LogP) is 1.16. The van der Waals surface area contributed by atoms with Gasteiger partial charge >= 0.3 is 5.97 Å². The van der Waals surface area contributed by atoms with Crippen molar-refractivity contribution in [2.45, 2.75) is 31.8 Å².